The number of rotatable bonds is 19. The lowest BCUT2D eigenvalue weighted by atomic mass is 10.1. The Kier molecular flexibility index (Phi) is 15.1. The van der Waals surface area contributed by atoms with Gasteiger partial charge in [-0.1, -0.05) is 32.1 Å². The van der Waals surface area contributed by atoms with Gasteiger partial charge in [0.15, 0.2) is 0 Å². The molecule has 1 fully saturated rings. The van der Waals surface area contributed by atoms with Gasteiger partial charge in [-0.25, -0.2) is 0 Å². The molecule has 1 saturated heterocycles. The highest BCUT2D eigenvalue weighted by Gasteiger charge is 2.39. The molecule has 0 bridgehead atoms. The van der Waals surface area contributed by atoms with Crippen LogP contribution in [0.2, 0.25) is 6.04 Å². The van der Waals surface area contributed by atoms with E-state index in [9.17, 15) is 0 Å². The van der Waals surface area contributed by atoms with E-state index in [2.05, 4.69) is 23.5 Å². The Hall–Kier alpha value is 0.797. The molecule has 0 amide bonds. The summed E-state index contributed by atoms with van der Waals surface area (Å²) >= 11 is 4.22. The van der Waals surface area contributed by atoms with Crippen LogP contribution >= 0.6 is 23.5 Å². The standard InChI is InChI=1S/C19H40O3S2Si/c1-4-20-25(21-5-2,22-6-3)17-13-16-23-15-12-10-8-7-9-11-14-19-18-24-19/h19H,4-18H2,1-3H3. The zero-order valence-electron chi connectivity index (χ0n) is 16.7. The molecule has 0 aromatic heterocycles. The lowest BCUT2D eigenvalue weighted by molar-refractivity contribution is 0.0712. The van der Waals surface area contributed by atoms with E-state index in [0.717, 1.165) is 17.7 Å². The van der Waals surface area contributed by atoms with Gasteiger partial charge in [-0.05, 0) is 51.5 Å². The SMILES string of the molecule is CCO[Si](CCCSCCCCCCCCC1CS1)(OCC)OCC. The molecule has 0 aliphatic carbocycles. The predicted octanol–water partition coefficient (Wildman–Crippen LogP) is 6.00. The minimum atomic E-state index is -2.41. The molecule has 150 valence electrons. The van der Waals surface area contributed by atoms with Gasteiger partial charge in [0.2, 0.25) is 0 Å². The predicted molar refractivity (Wildman–Crippen MR) is 116 cm³/mol. The smallest absolute Gasteiger partial charge is 0.374 e. The fraction of sp³-hybridized carbons (Fsp3) is 1.00. The van der Waals surface area contributed by atoms with E-state index in [1.807, 2.05) is 20.8 Å². The lowest BCUT2D eigenvalue weighted by Gasteiger charge is -2.28. The van der Waals surface area contributed by atoms with Gasteiger partial charge < -0.3 is 13.3 Å². The van der Waals surface area contributed by atoms with Crippen molar-refractivity contribution in [2.45, 2.75) is 83.4 Å². The second-order valence-electron chi connectivity index (χ2n) is 6.56. The lowest BCUT2D eigenvalue weighted by Crippen LogP contribution is -2.46. The number of thioether (sulfide) groups is 2. The van der Waals surface area contributed by atoms with Crippen molar-refractivity contribution in [3.05, 3.63) is 0 Å². The molecule has 3 nitrogen and oxygen atoms in total. The zero-order chi connectivity index (χ0) is 18.2. The van der Waals surface area contributed by atoms with Gasteiger partial charge in [-0.3, -0.25) is 0 Å². The second kappa shape index (κ2) is 15.8. The first-order valence-corrected chi connectivity index (χ1v) is 14.5. The molecule has 1 unspecified atom stereocenters. The Morgan fingerprint density at radius 3 is 1.88 bits per heavy atom. The van der Waals surface area contributed by atoms with Crippen molar-refractivity contribution in [3.8, 4) is 0 Å². The third kappa shape index (κ3) is 12.7. The Labute approximate surface area is 166 Å². The normalized spacial score (nSPS) is 17.2. The van der Waals surface area contributed by atoms with E-state index >= 15 is 0 Å². The molecule has 25 heavy (non-hydrogen) atoms. The van der Waals surface area contributed by atoms with E-state index in [1.54, 1.807) is 0 Å². The summed E-state index contributed by atoms with van der Waals surface area (Å²) in [4.78, 5) is 0. The van der Waals surface area contributed by atoms with Crippen LogP contribution in [-0.2, 0) is 13.3 Å². The number of unbranched alkanes of at least 4 members (excludes halogenated alkanes) is 5. The summed E-state index contributed by atoms with van der Waals surface area (Å²) in [5.41, 5.74) is 0. The Balaban J connectivity index is 1.92. The molecule has 1 rings (SSSR count). The molecule has 0 aromatic carbocycles. The van der Waals surface area contributed by atoms with Crippen LogP contribution in [0.4, 0.5) is 0 Å². The Morgan fingerprint density at radius 2 is 1.32 bits per heavy atom. The third-order valence-corrected chi connectivity index (χ3v) is 9.68. The highest BCUT2D eigenvalue weighted by Crippen LogP contribution is 2.34. The zero-order valence-corrected chi connectivity index (χ0v) is 19.4. The van der Waals surface area contributed by atoms with Gasteiger partial charge in [0.25, 0.3) is 0 Å². The number of hydrogen-bond acceptors (Lipinski definition) is 5. The van der Waals surface area contributed by atoms with E-state index < -0.39 is 8.80 Å². The van der Waals surface area contributed by atoms with Crippen LogP contribution in [0.3, 0.4) is 0 Å². The maximum atomic E-state index is 5.90. The topological polar surface area (TPSA) is 27.7 Å². The van der Waals surface area contributed by atoms with Crippen molar-refractivity contribution in [2.24, 2.45) is 0 Å². The molecule has 1 aliphatic rings. The molecule has 0 N–H and O–H groups in total. The van der Waals surface area contributed by atoms with E-state index in [-0.39, 0.29) is 0 Å². The molecule has 0 spiro atoms. The van der Waals surface area contributed by atoms with Crippen LogP contribution in [-0.4, -0.2) is 51.1 Å². The summed E-state index contributed by atoms with van der Waals surface area (Å²) < 4.78 is 17.7. The van der Waals surface area contributed by atoms with Crippen LogP contribution in [0.15, 0.2) is 0 Å². The van der Waals surface area contributed by atoms with Crippen molar-refractivity contribution in [1.29, 1.82) is 0 Å². The van der Waals surface area contributed by atoms with Gasteiger partial charge in [0.1, 0.15) is 0 Å². The molecule has 0 saturated carbocycles. The quantitative estimate of drug-likeness (QED) is 0.148. The molecule has 1 heterocycles. The molecule has 1 aliphatic heterocycles. The Morgan fingerprint density at radius 1 is 0.800 bits per heavy atom. The van der Waals surface area contributed by atoms with Crippen molar-refractivity contribution >= 4 is 32.3 Å². The first-order chi connectivity index (χ1) is 12.3. The van der Waals surface area contributed by atoms with E-state index in [0.29, 0.717) is 19.8 Å². The highest BCUT2D eigenvalue weighted by molar-refractivity contribution is 8.06. The van der Waals surface area contributed by atoms with Crippen molar-refractivity contribution in [3.63, 3.8) is 0 Å². The molecule has 6 heteroatoms. The second-order valence-corrected chi connectivity index (χ2v) is 11.9. The minimum absolute atomic E-state index is 0.679. The van der Waals surface area contributed by atoms with Crippen LogP contribution in [0, 0.1) is 0 Å². The fourth-order valence-electron chi connectivity index (χ4n) is 3.01. The van der Waals surface area contributed by atoms with E-state index in [1.165, 1.54) is 62.2 Å². The van der Waals surface area contributed by atoms with Gasteiger partial charge in [-0.15, -0.1) is 0 Å². The maximum Gasteiger partial charge on any atom is 0.500 e. The molecule has 0 radical (unpaired) electrons. The van der Waals surface area contributed by atoms with Crippen molar-refractivity contribution < 1.29 is 13.3 Å². The Bertz CT molecular complexity index is 287. The maximum absolute atomic E-state index is 5.90. The molecule has 1 atom stereocenters. The fourth-order valence-corrected chi connectivity index (χ4v) is 7.48. The number of hydrogen-bond donors (Lipinski definition) is 0. The van der Waals surface area contributed by atoms with Crippen LogP contribution in [0.5, 0.6) is 0 Å². The summed E-state index contributed by atoms with van der Waals surface area (Å²) in [7, 11) is -2.41. The summed E-state index contributed by atoms with van der Waals surface area (Å²) in [5.74, 6) is 3.92. The van der Waals surface area contributed by atoms with Crippen molar-refractivity contribution in [1.82, 2.24) is 0 Å². The van der Waals surface area contributed by atoms with Gasteiger partial charge in [-0.2, -0.15) is 23.5 Å². The molecule has 0 aromatic rings. The van der Waals surface area contributed by atoms with Crippen molar-refractivity contribution in [2.75, 3.05) is 37.1 Å². The minimum Gasteiger partial charge on any atom is -0.374 e. The van der Waals surface area contributed by atoms with Gasteiger partial charge in [0.05, 0.1) is 0 Å². The summed E-state index contributed by atoms with van der Waals surface area (Å²) in [6, 6.07) is 0.953. The summed E-state index contributed by atoms with van der Waals surface area (Å²) in [5, 5.41) is 1.03. The van der Waals surface area contributed by atoms with E-state index in [4.69, 9.17) is 13.3 Å². The molecular weight excluding hydrogens is 368 g/mol. The van der Waals surface area contributed by atoms with Crippen LogP contribution in [0.25, 0.3) is 0 Å². The average molecular weight is 409 g/mol. The third-order valence-electron chi connectivity index (χ3n) is 4.33. The summed E-state index contributed by atoms with van der Waals surface area (Å²) in [6.07, 6.45) is 11.1. The summed E-state index contributed by atoms with van der Waals surface area (Å²) in [6.45, 7) is 8.12. The largest absolute Gasteiger partial charge is 0.500 e. The van der Waals surface area contributed by atoms with Gasteiger partial charge >= 0.3 is 8.80 Å². The first-order valence-electron chi connectivity index (χ1n) is 10.4. The average Bonchev–Trinajstić information content (AvgIpc) is 3.41. The monoisotopic (exact) mass is 408 g/mol. The van der Waals surface area contributed by atoms with Gasteiger partial charge in [0, 0.05) is 36.9 Å². The first kappa shape index (κ1) is 23.8. The van der Waals surface area contributed by atoms with Crippen LogP contribution < -0.4 is 0 Å². The van der Waals surface area contributed by atoms with Crippen LogP contribution in [0.1, 0.15) is 72.1 Å². The highest BCUT2D eigenvalue weighted by atomic mass is 32.2. The molecular formula is C19H40O3S2Si.